The second kappa shape index (κ2) is 6.92. The SMILES string of the molecule is CCOc1cc(C)c(C)cc1S(=O)(=O)Nc1ccc(C(=O)O)cc1. The molecule has 0 fully saturated rings. The Kier molecular flexibility index (Phi) is 5.14. The molecule has 2 aromatic carbocycles. The molecule has 2 aromatic rings. The standard InChI is InChI=1S/C17H19NO5S/c1-4-23-15-9-11(2)12(3)10-16(15)24(21,22)18-14-7-5-13(6-8-14)17(19)20/h5-10,18H,4H2,1-3H3,(H,19,20). The molecule has 0 saturated carbocycles. The van der Waals surface area contributed by atoms with Crippen molar-refractivity contribution in [2.24, 2.45) is 0 Å². The summed E-state index contributed by atoms with van der Waals surface area (Å²) in [6.07, 6.45) is 0. The molecule has 2 rings (SSSR count). The van der Waals surface area contributed by atoms with Crippen molar-refractivity contribution < 1.29 is 23.1 Å². The summed E-state index contributed by atoms with van der Waals surface area (Å²) in [5, 5.41) is 8.88. The summed E-state index contributed by atoms with van der Waals surface area (Å²) in [5.74, 6) is -0.785. The van der Waals surface area contributed by atoms with Crippen LogP contribution < -0.4 is 9.46 Å². The van der Waals surface area contributed by atoms with Gasteiger partial charge in [-0.1, -0.05) is 0 Å². The molecule has 2 N–H and O–H groups in total. The minimum atomic E-state index is -3.86. The van der Waals surface area contributed by atoms with Gasteiger partial charge in [0.25, 0.3) is 10.0 Å². The van der Waals surface area contributed by atoms with Gasteiger partial charge in [0.1, 0.15) is 10.6 Å². The third kappa shape index (κ3) is 3.86. The quantitative estimate of drug-likeness (QED) is 0.835. The number of benzene rings is 2. The maximum atomic E-state index is 12.7. The van der Waals surface area contributed by atoms with E-state index in [1.165, 1.54) is 24.3 Å². The van der Waals surface area contributed by atoms with E-state index in [1.54, 1.807) is 19.1 Å². The Morgan fingerprint density at radius 2 is 1.71 bits per heavy atom. The normalized spacial score (nSPS) is 11.1. The van der Waals surface area contributed by atoms with Crippen molar-refractivity contribution in [3.8, 4) is 5.75 Å². The van der Waals surface area contributed by atoms with Gasteiger partial charge in [-0.15, -0.1) is 0 Å². The van der Waals surface area contributed by atoms with Gasteiger partial charge in [-0.25, -0.2) is 13.2 Å². The summed E-state index contributed by atoms with van der Waals surface area (Å²) >= 11 is 0. The molecule has 7 heteroatoms. The highest BCUT2D eigenvalue weighted by Crippen LogP contribution is 2.29. The van der Waals surface area contributed by atoms with Crippen molar-refractivity contribution in [2.45, 2.75) is 25.7 Å². The Balaban J connectivity index is 2.39. The Bertz CT molecular complexity index is 857. The minimum Gasteiger partial charge on any atom is -0.492 e. The molecule has 0 radical (unpaired) electrons. The summed E-state index contributed by atoms with van der Waals surface area (Å²) in [4.78, 5) is 10.9. The lowest BCUT2D eigenvalue weighted by Crippen LogP contribution is -2.15. The molecule has 6 nitrogen and oxygen atoms in total. The molecule has 0 aliphatic rings. The van der Waals surface area contributed by atoms with Crippen molar-refractivity contribution in [1.29, 1.82) is 0 Å². The van der Waals surface area contributed by atoms with Gasteiger partial charge in [-0.05, 0) is 68.3 Å². The van der Waals surface area contributed by atoms with E-state index in [1.807, 2.05) is 13.8 Å². The molecule has 128 valence electrons. The molecule has 0 saturated heterocycles. The lowest BCUT2D eigenvalue weighted by Gasteiger charge is -2.15. The smallest absolute Gasteiger partial charge is 0.335 e. The summed E-state index contributed by atoms with van der Waals surface area (Å²) < 4.78 is 33.2. The van der Waals surface area contributed by atoms with Crippen molar-refractivity contribution in [3.63, 3.8) is 0 Å². The first-order valence-electron chi connectivity index (χ1n) is 7.35. The van der Waals surface area contributed by atoms with Crippen molar-refractivity contribution in [3.05, 3.63) is 53.1 Å². The molecule has 0 aliphatic heterocycles. The van der Waals surface area contributed by atoms with Gasteiger partial charge < -0.3 is 9.84 Å². The number of carbonyl (C=O) groups is 1. The Morgan fingerprint density at radius 1 is 1.12 bits per heavy atom. The molecule has 0 spiro atoms. The second-order valence-corrected chi connectivity index (χ2v) is 6.96. The molecule has 0 aliphatic carbocycles. The molecule has 0 aromatic heterocycles. The fourth-order valence-corrected chi connectivity index (χ4v) is 3.40. The molecule has 0 heterocycles. The first kappa shape index (κ1) is 17.8. The summed E-state index contributed by atoms with van der Waals surface area (Å²) in [6, 6.07) is 8.74. The van der Waals surface area contributed by atoms with E-state index in [-0.39, 0.29) is 21.9 Å². The molecular weight excluding hydrogens is 330 g/mol. The predicted molar refractivity (Wildman–Crippen MR) is 91.3 cm³/mol. The highest BCUT2D eigenvalue weighted by molar-refractivity contribution is 7.92. The third-order valence-corrected chi connectivity index (χ3v) is 4.94. The van der Waals surface area contributed by atoms with Crippen LogP contribution in [-0.4, -0.2) is 26.1 Å². The number of sulfonamides is 1. The molecule has 0 unspecified atom stereocenters. The number of hydrogen-bond donors (Lipinski definition) is 2. The number of rotatable bonds is 6. The lowest BCUT2D eigenvalue weighted by molar-refractivity contribution is 0.0697. The number of aryl methyl sites for hydroxylation is 2. The number of hydrogen-bond acceptors (Lipinski definition) is 4. The fraction of sp³-hybridized carbons (Fsp3) is 0.235. The number of carboxylic acids is 1. The average Bonchev–Trinajstić information content (AvgIpc) is 2.51. The predicted octanol–water partition coefficient (Wildman–Crippen LogP) is 3.20. The topological polar surface area (TPSA) is 92.7 Å². The maximum absolute atomic E-state index is 12.7. The van der Waals surface area contributed by atoms with Crippen LogP contribution in [0, 0.1) is 13.8 Å². The lowest BCUT2D eigenvalue weighted by atomic mass is 10.1. The van der Waals surface area contributed by atoms with Gasteiger partial charge in [0.15, 0.2) is 0 Å². The largest absolute Gasteiger partial charge is 0.492 e. The number of anilines is 1. The van der Waals surface area contributed by atoms with Gasteiger partial charge in [0.2, 0.25) is 0 Å². The number of nitrogens with one attached hydrogen (secondary N) is 1. The maximum Gasteiger partial charge on any atom is 0.335 e. The van der Waals surface area contributed by atoms with Gasteiger partial charge >= 0.3 is 5.97 Å². The summed E-state index contributed by atoms with van der Waals surface area (Å²) in [5.41, 5.74) is 2.13. The van der Waals surface area contributed by atoms with E-state index in [4.69, 9.17) is 9.84 Å². The van der Waals surface area contributed by atoms with Crippen LogP contribution in [0.4, 0.5) is 5.69 Å². The summed E-state index contributed by atoms with van der Waals surface area (Å²) in [7, 11) is -3.86. The first-order chi connectivity index (χ1) is 11.2. The van der Waals surface area contributed by atoms with Crippen LogP contribution in [0.2, 0.25) is 0 Å². The van der Waals surface area contributed by atoms with E-state index in [9.17, 15) is 13.2 Å². The van der Waals surface area contributed by atoms with Crippen LogP contribution in [0.25, 0.3) is 0 Å². The van der Waals surface area contributed by atoms with Crippen LogP contribution >= 0.6 is 0 Å². The Hall–Kier alpha value is -2.54. The Labute approximate surface area is 141 Å². The van der Waals surface area contributed by atoms with E-state index >= 15 is 0 Å². The number of carboxylic acid groups (broad SMARTS) is 1. The van der Waals surface area contributed by atoms with Crippen LogP contribution in [0.1, 0.15) is 28.4 Å². The van der Waals surface area contributed by atoms with Crippen molar-refractivity contribution in [1.82, 2.24) is 0 Å². The third-order valence-electron chi connectivity index (χ3n) is 3.53. The monoisotopic (exact) mass is 349 g/mol. The zero-order valence-corrected chi connectivity index (χ0v) is 14.5. The highest BCUT2D eigenvalue weighted by atomic mass is 32.2. The minimum absolute atomic E-state index is 0.0507. The average molecular weight is 349 g/mol. The molecule has 0 amide bonds. The summed E-state index contributed by atoms with van der Waals surface area (Å²) in [6.45, 7) is 5.83. The zero-order chi connectivity index (χ0) is 17.9. The van der Waals surface area contributed by atoms with Gasteiger partial charge in [-0.2, -0.15) is 0 Å². The number of aromatic carboxylic acids is 1. The zero-order valence-electron chi connectivity index (χ0n) is 13.7. The van der Waals surface area contributed by atoms with Gasteiger partial charge in [-0.3, -0.25) is 4.72 Å². The van der Waals surface area contributed by atoms with Crippen molar-refractivity contribution >= 4 is 21.7 Å². The van der Waals surface area contributed by atoms with Crippen LogP contribution in [0.3, 0.4) is 0 Å². The van der Waals surface area contributed by atoms with Gasteiger partial charge in [0.05, 0.1) is 12.2 Å². The molecule has 24 heavy (non-hydrogen) atoms. The molecular formula is C17H19NO5S. The van der Waals surface area contributed by atoms with E-state index in [2.05, 4.69) is 4.72 Å². The number of ether oxygens (including phenoxy) is 1. The van der Waals surface area contributed by atoms with Crippen LogP contribution in [0.15, 0.2) is 41.3 Å². The van der Waals surface area contributed by atoms with Crippen LogP contribution in [0.5, 0.6) is 5.75 Å². The van der Waals surface area contributed by atoms with Crippen molar-refractivity contribution in [2.75, 3.05) is 11.3 Å². The first-order valence-corrected chi connectivity index (χ1v) is 8.83. The highest BCUT2D eigenvalue weighted by Gasteiger charge is 2.21. The van der Waals surface area contributed by atoms with E-state index < -0.39 is 16.0 Å². The molecule has 0 bridgehead atoms. The van der Waals surface area contributed by atoms with E-state index in [0.29, 0.717) is 6.61 Å². The molecule has 0 atom stereocenters. The Morgan fingerprint density at radius 3 is 2.25 bits per heavy atom. The van der Waals surface area contributed by atoms with Crippen LogP contribution in [-0.2, 0) is 10.0 Å². The van der Waals surface area contributed by atoms with E-state index in [0.717, 1.165) is 11.1 Å². The second-order valence-electron chi connectivity index (χ2n) is 5.30. The fourth-order valence-electron chi connectivity index (χ4n) is 2.13. The van der Waals surface area contributed by atoms with Gasteiger partial charge in [0, 0.05) is 5.69 Å².